The van der Waals surface area contributed by atoms with Gasteiger partial charge in [0.05, 0.1) is 0 Å². The number of pyridine rings is 1. The summed E-state index contributed by atoms with van der Waals surface area (Å²) in [6, 6.07) is 2.12. The van der Waals surface area contributed by atoms with Crippen molar-refractivity contribution in [3.05, 3.63) is 18.3 Å². The summed E-state index contributed by atoms with van der Waals surface area (Å²) in [5.74, 6) is 0.290. The molecule has 7 nitrogen and oxygen atoms in total. The minimum Gasteiger partial charge on any atom is -0.329 e. The van der Waals surface area contributed by atoms with Crippen LogP contribution in [0.1, 0.15) is 12.8 Å². The lowest BCUT2D eigenvalue weighted by atomic mass is 10.2. The van der Waals surface area contributed by atoms with E-state index in [-0.39, 0.29) is 28.4 Å². The van der Waals surface area contributed by atoms with E-state index in [0.29, 0.717) is 0 Å². The van der Waals surface area contributed by atoms with Crippen LogP contribution in [0.4, 0.5) is 0 Å². The van der Waals surface area contributed by atoms with Crippen LogP contribution in [0, 0.1) is 5.92 Å². The first kappa shape index (κ1) is 15.4. The smallest absolute Gasteiger partial charge is 0.242 e. The summed E-state index contributed by atoms with van der Waals surface area (Å²) < 4.78 is 49.4. The molecule has 9 heteroatoms. The van der Waals surface area contributed by atoms with Gasteiger partial charge in [0.15, 0.2) is 14.9 Å². The van der Waals surface area contributed by atoms with E-state index in [9.17, 15) is 16.8 Å². The molecule has 0 aliphatic heterocycles. The molecule has 1 aliphatic rings. The minimum absolute atomic E-state index is 0.0657. The predicted octanol–water partition coefficient (Wildman–Crippen LogP) is -0.499. The van der Waals surface area contributed by atoms with Gasteiger partial charge in [0, 0.05) is 25.0 Å². The molecule has 0 saturated heterocycles. The van der Waals surface area contributed by atoms with Gasteiger partial charge in [0.2, 0.25) is 10.0 Å². The molecular formula is C11H17N3O4S2. The molecule has 1 unspecified atom stereocenters. The van der Waals surface area contributed by atoms with Crippen LogP contribution >= 0.6 is 0 Å². The minimum atomic E-state index is -3.73. The van der Waals surface area contributed by atoms with Crippen molar-refractivity contribution in [3.63, 3.8) is 0 Å². The molecule has 0 aromatic carbocycles. The molecule has 0 spiro atoms. The zero-order valence-electron chi connectivity index (χ0n) is 11.0. The predicted molar refractivity (Wildman–Crippen MR) is 73.2 cm³/mol. The van der Waals surface area contributed by atoms with E-state index < -0.39 is 19.9 Å². The fraction of sp³-hybridized carbons (Fsp3) is 0.545. The molecule has 2 rings (SSSR count). The zero-order valence-corrected chi connectivity index (χ0v) is 12.6. The van der Waals surface area contributed by atoms with E-state index in [0.717, 1.165) is 25.3 Å². The summed E-state index contributed by atoms with van der Waals surface area (Å²) in [4.78, 5) is 3.61. The number of rotatable bonds is 6. The Morgan fingerprint density at radius 1 is 1.35 bits per heavy atom. The molecule has 20 heavy (non-hydrogen) atoms. The van der Waals surface area contributed by atoms with E-state index in [1.165, 1.54) is 12.1 Å². The molecule has 1 heterocycles. The molecular weight excluding hydrogens is 302 g/mol. The van der Waals surface area contributed by atoms with E-state index in [2.05, 4.69) is 9.71 Å². The molecule has 1 atom stereocenters. The van der Waals surface area contributed by atoms with E-state index in [4.69, 9.17) is 5.73 Å². The van der Waals surface area contributed by atoms with Gasteiger partial charge in [-0.3, -0.25) is 0 Å². The van der Waals surface area contributed by atoms with Crippen LogP contribution < -0.4 is 10.5 Å². The van der Waals surface area contributed by atoms with Crippen molar-refractivity contribution in [2.75, 3.05) is 12.8 Å². The Labute approximate surface area is 118 Å². The molecule has 0 amide bonds. The Bertz CT molecular complexity index is 679. The van der Waals surface area contributed by atoms with Gasteiger partial charge in [-0.05, 0) is 30.9 Å². The van der Waals surface area contributed by atoms with Crippen LogP contribution in [0.2, 0.25) is 0 Å². The van der Waals surface area contributed by atoms with Crippen LogP contribution in [0.5, 0.6) is 0 Å². The first-order chi connectivity index (χ1) is 9.24. The highest BCUT2D eigenvalue weighted by molar-refractivity contribution is 7.90. The highest BCUT2D eigenvalue weighted by Crippen LogP contribution is 2.32. The van der Waals surface area contributed by atoms with E-state index >= 15 is 0 Å². The highest BCUT2D eigenvalue weighted by atomic mass is 32.2. The Kier molecular flexibility index (Phi) is 4.14. The number of aromatic nitrogens is 1. The van der Waals surface area contributed by atoms with Gasteiger partial charge in [-0.2, -0.15) is 0 Å². The third-order valence-corrected chi connectivity index (χ3v) is 5.63. The zero-order chi connectivity index (χ0) is 15.0. The maximum atomic E-state index is 12.1. The van der Waals surface area contributed by atoms with Crippen LogP contribution in [-0.4, -0.2) is 40.7 Å². The third kappa shape index (κ3) is 3.54. The standard InChI is InChI=1S/C11H17N3O4S2/c1-19(15,16)11-5-4-9(7-13-11)20(17,18)14-10(6-12)8-2-3-8/h4-5,7-8,10,14H,2-3,6,12H2,1H3. The maximum absolute atomic E-state index is 12.1. The Hall–Kier alpha value is -1.03. The van der Waals surface area contributed by atoms with Crippen LogP contribution in [0.15, 0.2) is 28.3 Å². The van der Waals surface area contributed by atoms with Crippen molar-refractivity contribution in [1.82, 2.24) is 9.71 Å². The van der Waals surface area contributed by atoms with Crippen LogP contribution in [-0.2, 0) is 19.9 Å². The lowest BCUT2D eigenvalue weighted by Gasteiger charge is -2.16. The SMILES string of the molecule is CS(=O)(=O)c1ccc(S(=O)(=O)NC(CN)C2CC2)cn1. The number of nitrogens with zero attached hydrogens (tertiary/aromatic N) is 1. The van der Waals surface area contributed by atoms with Crippen molar-refractivity contribution < 1.29 is 16.8 Å². The largest absolute Gasteiger partial charge is 0.329 e. The summed E-state index contributed by atoms with van der Waals surface area (Å²) in [5.41, 5.74) is 5.56. The average Bonchev–Trinajstić information content (AvgIpc) is 3.19. The van der Waals surface area contributed by atoms with E-state index in [1.807, 2.05) is 0 Å². The second-order valence-corrected chi connectivity index (χ2v) is 8.58. The number of sulfonamides is 1. The van der Waals surface area contributed by atoms with Crippen molar-refractivity contribution in [2.45, 2.75) is 28.8 Å². The fourth-order valence-corrected chi connectivity index (χ4v) is 3.67. The first-order valence-corrected chi connectivity index (χ1v) is 9.50. The molecule has 0 radical (unpaired) electrons. The quantitative estimate of drug-likeness (QED) is 0.729. The molecule has 0 bridgehead atoms. The normalized spacial score (nSPS) is 17.9. The van der Waals surface area contributed by atoms with Crippen LogP contribution in [0.25, 0.3) is 0 Å². The fourth-order valence-electron chi connectivity index (χ4n) is 1.85. The average molecular weight is 319 g/mol. The third-order valence-electron chi connectivity index (χ3n) is 3.15. The summed E-state index contributed by atoms with van der Waals surface area (Å²) in [5, 5.41) is -0.158. The molecule has 1 aliphatic carbocycles. The van der Waals surface area contributed by atoms with Crippen molar-refractivity contribution >= 4 is 19.9 Å². The molecule has 1 saturated carbocycles. The second-order valence-electron chi connectivity index (χ2n) is 4.91. The Morgan fingerprint density at radius 2 is 2.00 bits per heavy atom. The molecule has 1 fully saturated rings. The summed E-state index contributed by atoms with van der Waals surface area (Å²) in [6.07, 6.45) is 3.99. The number of nitrogens with one attached hydrogen (secondary N) is 1. The Balaban J connectivity index is 2.21. The lowest BCUT2D eigenvalue weighted by Crippen LogP contribution is -2.41. The van der Waals surface area contributed by atoms with Gasteiger partial charge in [-0.25, -0.2) is 26.5 Å². The van der Waals surface area contributed by atoms with Gasteiger partial charge < -0.3 is 5.73 Å². The number of nitrogens with two attached hydrogens (primary N) is 1. The topological polar surface area (TPSA) is 119 Å². The molecule has 1 aromatic heterocycles. The number of sulfone groups is 1. The van der Waals surface area contributed by atoms with Gasteiger partial charge in [0.1, 0.15) is 4.90 Å². The monoisotopic (exact) mass is 319 g/mol. The van der Waals surface area contributed by atoms with Gasteiger partial charge in [-0.15, -0.1) is 0 Å². The Morgan fingerprint density at radius 3 is 2.40 bits per heavy atom. The van der Waals surface area contributed by atoms with Crippen molar-refractivity contribution in [3.8, 4) is 0 Å². The number of hydrogen-bond acceptors (Lipinski definition) is 6. The summed E-state index contributed by atoms with van der Waals surface area (Å²) in [7, 11) is -7.17. The molecule has 1 aromatic rings. The first-order valence-electron chi connectivity index (χ1n) is 6.12. The van der Waals surface area contributed by atoms with Gasteiger partial charge in [0.25, 0.3) is 0 Å². The summed E-state index contributed by atoms with van der Waals surface area (Å²) in [6.45, 7) is 0.235. The maximum Gasteiger partial charge on any atom is 0.242 e. The molecule has 3 N–H and O–H groups in total. The van der Waals surface area contributed by atoms with Crippen LogP contribution in [0.3, 0.4) is 0 Å². The second kappa shape index (κ2) is 5.40. The lowest BCUT2D eigenvalue weighted by molar-refractivity contribution is 0.518. The van der Waals surface area contributed by atoms with Gasteiger partial charge in [-0.1, -0.05) is 0 Å². The van der Waals surface area contributed by atoms with Crippen molar-refractivity contribution in [2.24, 2.45) is 11.7 Å². The summed E-state index contributed by atoms with van der Waals surface area (Å²) >= 11 is 0. The van der Waals surface area contributed by atoms with Gasteiger partial charge >= 0.3 is 0 Å². The van der Waals surface area contributed by atoms with E-state index in [1.54, 1.807) is 0 Å². The van der Waals surface area contributed by atoms with Crippen molar-refractivity contribution in [1.29, 1.82) is 0 Å². The number of hydrogen-bond donors (Lipinski definition) is 2. The molecule has 112 valence electrons. The highest BCUT2D eigenvalue weighted by Gasteiger charge is 2.33.